The summed E-state index contributed by atoms with van der Waals surface area (Å²) >= 11 is 0. The largest absolute Gasteiger partial charge is 0.432 e. The number of rotatable bonds is 2. The van der Waals surface area contributed by atoms with Crippen molar-refractivity contribution in [2.24, 2.45) is 0 Å². The molecule has 186 valence electrons. The van der Waals surface area contributed by atoms with Gasteiger partial charge in [0.15, 0.2) is 0 Å². The average molecular weight is 514 g/mol. The van der Waals surface area contributed by atoms with E-state index in [1.54, 1.807) is 0 Å². The van der Waals surface area contributed by atoms with E-state index < -0.39 is 35.3 Å². The Hall–Kier alpha value is -4.03. The van der Waals surface area contributed by atoms with E-state index in [-0.39, 0.29) is 39.0 Å². The molecule has 0 saturated carbocycles. The highest BCUT2D eigenvalue weighted by atomic mass is 19.4. The topological polar surface area (TPSA) is 46.5 Å². The molecule has 0 fully saturated rings. The van der Waals surface area contributed by atoms with Crippen molar-refractivity contribution < 1.29 is 39.5 Å². The molecule has 0 saturated heterocycles. The number of alkyl halides is 9. The zero-order valence-electron chi connectivity index (χ0n) is 17.5. The van der Waals surface area contributed by atoms with E-state index in [0.29, 0.717) is 0 Å². The number of aromatic amines is 1. The van der Waals surface area contributed by atoms with E-state index in [1.807, 2.05) is 5.10 Å². The van der Waals surface area contributed by atoms with Gasteiger partial charge in [-0.2, -0.15) is 44.6 Å². The predicted octanol–water partition coefficient (Wildman–Crippen LogP) is 7.63. The Morgan fingerprint density at radius 1 is 0.611 bits per heavy atom. The van der Waals surface area contributed by atoms with Crippen molar-refractivity contribution in [2.45, 2.75) is 18.5 Å². The monoisotopic (exact) mass is 514 g/mol. The van der Waals surface area contributed by atoms with Gasteiger partial charge in [-0.15, -0.1) is 0 Å². The summed E-state index contributed by atoms with van der Waals surface area (Å²) < 4.78 is 120. The molecule has 1 N–H and O–H groups in total. The zero-order chi connectivity index (χ0) is 26.0. The smallest absolute Gasteiger partial charge is 0.294 e. The van der Waals surface area contributed by atoms with Gasteiger partial charge in [-0.1, -0.05) is 6.07 Å². The standard InChI is InChI=1S/C23H11F9N4/c24-21(25,26)11-4-6-17-13(8-11)14-9-12(22(27,28)29)5-7-18(14)36(17)20-3-1-2-15(33-20)16-10-19(35-34-16)23(30,31)32/h1-10H,(H,34,35). The highest BCUT2D eigenvalue weighted by molar-refractivity contribution is 6.09. The predicted molar refractivity (Wildman–Crippen MR) is 111 cm³/mol. The number of nitrogens with one attached hydrogen (secondary N) is 1. The lowest BCUT2D eigenvalue weighted by Gasteiger charge is -2.10. The first-order valence-electron chi connectivity index (χ1n) is 10.1. The van der Waals surface area contributed by atoms with Crippen LogP contribution in [0.2, 0.25) is 0 Å². The Labute approximate surface area is 195 Å². The summed E-state index contributed by atoms with van der Waals surface area (Å²) in [5, 5.41) is 5.27. The van der Waals surface area contributed by atoms with Crippen LogP contribution in [-0.4, -0.2) is 19.7 Å². The third kappa shape index (κ3) is 4.03. The van der Waals surface area contributed by atoms with Crippen LogP contribution < -0.4 is 0 Å². The molecule has 0 aliphatic carbocycles. The fraction of sp³-hybridized carbons (Fsp3) is 0.130. The van der Waals surface area contributed by atoms with Gasteiger partial charge in [-0.25, -0.2) is 4.98 Å². The normalized spacial score (nSPS) is 13.1. The summed E-state index contributed by atoms with van der Waals surface area (Å²) in [4.78, 5) is 4.29. The van der Waals surface area contributed by atoms with Crippen molar-refractivity contribution in [3.63, 3.8) is 0 Å². The number of halogens is 9. The Bertz CT molecular complexity index is 1530. The molecule has 36 heavy (non-hydrogen) atoms. The number of benzene rings is 2. The highest BCUT2D eigenvalue weighted by Gasteiger charge is 2.34. The van der Waals surface area contributed by atoms with Gasteiger partial charge in [-0.3, -0.25) is 9.67 Å². The molecule has 5 aromatic rings. The molecule has 0 spiro atoms. The van der Waals surface area contributed by atoms with Crippen molar-refractivity contribution in [2.75, 3.05) is 0 Å². The van der Waals surface area contributed by atoms with E-state index in [4.69, 9.17) is 0 Å². The quantitative estimate of drug-likeness (QED) is 0.246. The molecule has 13 heteroatoms. The first-order chi connectivity index (χ1) is 16.7. The van der Waals surface area contributed by atoms with E-state index in [9.17, 15) is 39.5 Å². The van der Waals surface area contributed by atoms with Gasteiger partial charge in [-0.05, 0) is 54.6 Å². The molecule has 3 aromatic heterocycles. The van der Waals surface area contributed by atoms with Crippen LogP contribution in [0.3, 0.4) is 0 Å². The molecule has 4 nitrogen and oxygen atoms in total. The van der Waals surface area contributed by atoms with Crippen LogP contribution in [0.25, 0.3) is 39.0 Å². The first-order valence-corrected chi connectivity index (χ1v) is 10.1. The first kappa shape index (κ1) is 23.7. The van der Waals surface area contributed by atoms with Crippen LogP contribution in [0.1, 0.15) is 16.8 Å². The Kier molecular flexibility index (Phi) is 5.09. The van der Waals surface area contributed by atoms with E-state index in [1.165, 1.54) is 22.8 Å². The molecule has 0 atom stereocenters. The van der Waals surface area contributed by atoms with Crippen LogP contribution >= 0.6 is 0 Å². The van der Waals surface area contributed by atoms with E-state index in [2.05, 4.69) is 10.1 Å². The van der Waals surface area contributed by atoms with Gasteiger partial charge in [0.2, 0.25) is 0 Å². The number of fused-ring (bicyclic) bond motifs is 3. The fourth-order valence-corrected chi connectivity index (χ4v) is 3.91. The molecule has 2 aromatic carbocycles. The van der Waals surface area contributed by atoms with Gasteiger partial charge >= 0.3 is 18.5 Å². The summed E-state index contributed by atoms with van der Waals surface area (Å²) in [6.45, 7) is 0. The molecule has 0 aliphatic rings. The zero-order valence-corrected chi connectivity index (χ0v) is 17.5. The number of aromatic nitrogens is 4. The summed E-state index contributed by atoms with van der Waals surface area (Å²) in [5.74, 6) is 0.0589. The SMILES string of the molecule is FC(F)(F)c1ccc2c(c1)c1cc(C(F)(F)F)ccc1n2-c1cccc(-c2cc(C(F)(F)F)[nH]n2)n1. The molecule has 0 unspecified atom stereocenters. The minimum atomic E-state index is -4.74. The number of pyridine rings is 1. The van der Waals surface area contributed by atoms with Gasteiger partial charge in [0.1, 0.15) is 17.2 Å². The third-order valence-electron chi connectivity index (χ3n) is 5.53. The van der Waals surface area contributed by atoms with Gasteiger partial charge < -0.3 is 0 Å². The summed E-state index contributed by atoms with van der Waals surface area (Å²) in [5.41, 5.74) is -3.11. The molecule has 3 heterocycles. The molecule has 0 aliphatic heterocycles. The molecule has 5 rings (SSSR count). The van der Waals surface area contributed by atoms with Crippen molar-refractivity contribution in [1.29, 1.82) is 0 Å². The lowest BCUT2D eigenvalue weighted by atomic mass is 10.1. The van der Waals surface area contributed by atoms with Crippen LogP contribution in [0.4, 0.5) is 39.5 Å². The maximum absolute atomic E-state index is 13.4. The second-order valence-corrected chi connectivity index (χ2v) is 7.84. The summed E-state index contributed by atoms with van der Waals surface area (Å²) in [6.07, 6.45) is -14.2. The van der Waals surface area contributed by atoms with Gasteiger partial charge in [0.05, 0.1) is 27.9 Å². The molecular weight excluding hydrogens is 503 g/mol. The molecule has 0 bridgehead atoms. The van der Waals surface area contributed by atoms with Crippen molar-refractivity contribution in [3.05, 3.63) is 77.5 Å². The Morgan fingerprint density at radius 3 is 1.64 bits per heavy atom. The highest BCUT2D eigenvalue weighted by Crippen LogP contribution is 2.40. The summed E-state index contributed by atoms with van der Waals surface area (Å²) in [6, 6.07) is 10.3. The van der Waals surface area contributed by atoms with Crippen LogP contribution in [-0.2, 0) is 18.5 Å². The van der Waals surface area contributed by atoms with E-state index >= 15 is 0 Å². The maximum Gasteiger partial charge on any atom is 0.432 e. The van der Waals surface area contributed by atoms with Crippen molar-refractivity contribution >= 4 is 21.8 Å². The maximum atomic E-state index is 13.4. The lowest BCUT2D eigenvalue weighted by molar-refractivity contribution is -0.141. The number of H-pyrrole nitrogens is 1. The fourth-order valence-electron chi connectivity index (χ4n) is 3.91. The second kappa shape index (κ2) is 7.73. The summed E-state index contributed by atoms with van der Waals surface area (Å²) in [7, 11) is 0. The Morgan fingerprint density at radius 2 is 1.17 bits per heavy atom. The number of nitrogens with zero attached hydrogens (tertiary/aromatic N) is 3. The van der Waals surface area contributed by atoms with Crippen LogP contribution in [0.15, 0.2) is 60.7 Å². The van der Waals surface area contributed by atoms with E-state index in [0.717, 1.165) is 42.5 Å². The van der Waals surface area contributed by atoms with Crippen LogP contribution in [0.5, 0.6) is 0 Å². The minimum absolute atomic E-state index is 0.00748. The lowest BCUT2D eigenvalue weighted by Crippen LogP contribution is -2.04. The molecule has 0 amide bonds. The van der Waals surface area contributed by atoms with Crippen LogP contribution in [0, 0.1) is 0 Å². The molecule has 0 radical (unpaired) electrons. The second-order valence-electron chi connectivity index (χ2n) is 7.84. The van der Waals surface area contributed by atoms with Crippen molar-refractivity contribution in [3.8, 4) is 17.2 Å². The van der Waals surface area contributed by atoms with Gasteiger partial charge in [0.25, 0.3) is 0 Å². The number of hydrogen-bond acceptors (Lipinski definition) is 2. The van der Waals surface area contributed by atoms with Gasteiger partial charge in [0, 0.05) is 10.8 Å². The van der Waals surface area contributed by atoms with Crippen molar-refractivity contribution in [1.82, 2.24) is 19.7 Å². The number of hydrogen-bond donors (Lipinski definition) is 1. The average Bonchev–Trinajstić information content (AvgIpc) is 3.41. The minimum Gasteiger partial charge on any atom is -0.294 e. The molecular formula is C23H11F9N4. The third-order valence-corrected chi connectivity index (χ3v) is 5.53. The Balaban J connectivity index is 1.75.